The second-order valence-electron chi connectivity index (χ2n) is 5.99. The van der Waals surface area contributed by atoms with Crippen molar-refractivity contribution in [2.24, 2.45) is 0 Å². The van der Waals surface area contributed by atoms with Gasteiger partial charge in [0.1, 0.15) is 17.4 Å². The molecule has 6 nitrogen and oxygen atoms in total. The number of nitrogens with zero attached hydrogens (tertiary/aromatic N) is 3. The SMILES string of the molecule is CO[C@H]1CC[C@@H]2[C@@H]1OCCN2C(=O)c1cn2cc(Cl)ccc2n1. The van der Waals surface area contributed by atoms with Crippen molar-refractivity contribution in [3.63, 3.8) is 0 Å². The monoisotopic (exact) mass is 335 g/mol. The van der Waals surface area contributed by atoms with Gasteiger partial charge in [-0.25, -0.2) is 4.98 Å². The van der Waals surface area contributed by atoms with E-state index < -0.39 is 0 Å². The number of hydrogen-bond donors (Lipinski definition) is 0. The van der Waals surface area contributed by atoms with Crippen molar-refractivity contribution in [2.45, 2.75) is 31.1 Å². The van der Waals surface area contributed by atoms with Gasteiger partial charge in [0.25, 0.3) is 5.91 Å². The van der Waals surface area contributed by atoms with Crippen molar-refractivity contribution in [3.8, 4) is 0 Å². The Labute approximate surface area is 138 Å². The summed E-state index contributed by atoms with van der Waals surface area (Å²) >= 11 is 5.99. The molecule has 4 rings (SSSR count). The Hall–Kier alpha value is -1.63. The molecule has 1 aliphatic carbocycles. The first-order valence-corrected chi connectivity index (χ1v) is 8.15. The molecule has 23 heavy (non-hydrogen) atoms. The molecule has 2 aromatic heterocycles. The molecule has 0 radical (unpaired) electrons. The van der Waals surface area contributed by atoms with Crippen LogP contribution in [0, 0.1) is 0 Å². The normalized spacial score (nSPS) is 27.4. The minimum absolute atomic E-state index is 0.0378. The molecule has 3 heterocycles. The zero-order valence-corrected chi connectivity index (χ0v) is 13.6. The van der Waals surface area contributed by atoms with Crippen LogP contribution in [0.1, 0.15) is 23.3 Å². The summed E-state index contributed by atoms with van der Waals surface area (Å²) in [6.07, 6.45) is 5.32. The lowest BCUT2D eigenvalue weighted by molar-refractivity contribution is -0.0947. The van der Waals surface area contributed by atoms with Crippen LogP contribution < -0.4 is 0 Å². The minimum Gasteiger partial charge on any atom is -0.379 e. The third kappa shape index (κ3) is 2.51. The first-order valence-electron chi connectivity index (χ1n) is 7.77. The number of ether oxygens (including phenoxy) is 2. The summed E-state index contributed by atoms with van der Waals surface area (Å²) in [5, 5.41) is 0.610. The van der Waals surface area contributed by atoms with Crippen LogP contribution in [0.3, 0.4) is 0 Å². The van der Waals surface area contributed by atoms with Gasteiger partial charge in [0, 0.05) is 26.0 Å². The molecular formula is C16H18ClN3O3. The van der Waals surface area contributed by atoms with Crippen LogP contribution in [0.15, 0.2) is 24.5 Å². The molecule has 0 unspecified atom stereocenters. The van der Waals surface area contributed by atoms with Crippen LogP contribution >= 0.6 is 11.6 Å². The average molecular weight is 336 g/mol. The molecule has 1 amide bonds. The molecule has 7 heteroatoms. The van der Waals surface area contributed by atoms with E-state index >= 15 is 0 Å². The van der Waals surface area contributed by atoms with E-state index in [1.165, 1.54) is 0 Å². The van der Waals surface area contributed by atoms with Gasteiger partial charge in [-0.2, -0.15) is 0 Å². The maximum atomic E-state index is 12.9. The molecule has 0 bridgehead atoms. The minimum atomic E-state index is -0.0557. The molecule has 2 aliphatic rings. The fraction of sp³-hybridized carbons (Fsp3) is 0.500. The number of carbonyl (C=O) groups is 1. The number of morpholine rings is 1. The van der Waals surface area contributed by atoms with Crippen LogP contribution in [0.4, 0.5) is 0 Å². The topological polar surface area (TPSA) is 56.1 Å². The molecule has 1 saturated carbocycles. The van der Waals surface area contributed by atoms with E-state index in [1.54, 1.807) is 36.0 Å². The fourth-order valence-corrected chi connectivity index (χ4v) is 3.80. The molecule has 3 atom stereocenters. The van der Waals surface area contributed by atoms with Crippen molar-refractivity contribution in [1.29, 1.82) is 0 Å². The molecule has 2 aromatic rings. The zero-order valence-electron chi connectivity index (χ0n) is 12.8. The van der Waals surface area contributed by atoms with Gasteiger partial charge in [-0.1, -0.05) is 11.6 Å². The highest BCUT2D eigenvalue weighted by Gasteiger charge is 2.45. The van der Waals surface area contributed by atoms with Crippen molar-refractivity contribution >= 4 is 23.2 Å². The van der Waals surface area contributed by atoms with Gasteiger partial charge in [0.15, 0.2) is 0 Å². The Morgan fingerprint density at radius 2 is 2.26 bits per heavy atom. The molecule has 0 spiro atoms. The van der Waals surface area contributed by atoms with Crippen molar-refractivity contribution in [2.75, 3.05) is 20.3 Å². The number of methoxy groups -OCH3 is 1. The van der Waals surface area contributed by atoms with Crippen LogP contribution in [0.2, 0.25) is 5.02 Å². The first kappa shape index (κ1) is 14.9. The van der Waals surface area contributed by atoms with Crippen LogP contribution in [0.25, 0.3) is 5.65 Å². The van der Waals surface area contributed by atoms with Gasteiger partial charge < -0.3 is 18.8 Å². The average Bonchev–Trinajstić information content (AvgIpc) is 3.16. The highest BCUT2D eigenvalue weighted by molar-refractivity contribution is 6.30. The summed E-state index contributed by atoms with van der Waals surface area (Å²) in [5.74, 6) is -0.0557. The maximum absolute atomic E-state index is 12.9. The molecular weight excluding hydrogens is 318 g/mol. The number of imidazole rings is 1. The lowest BCUT2D eigenvalue weighted by Crippen LogP contribution is -2.53. The fourth-order valence-electron chi connectivity index (χ4n) is 3.63. The standard InChI is InChI=1S/C16H18ClN3O3/c1-22-13-4-3-12-15(13)23-7-6-20(12)16(21)11-9-19-8-10(17)2-5-14(19)18-11/h2,5,8-9,12-13,15H,3-4,6-7H2,1H3/t12-,13+,15+/m1/s1. The Morgan fingerprint density at radius 3 is 3.09 bits per heavy atom. The van der Waals surface area contributed by atoms with Gasteiger partial charge in [0.2, 0.25) is 0 Å². The summed E-state index contributed by atoms with van der Waals surface area (Å²) < 4.78 is 13.1. The first-order chi connectivity index (χ1) is 11.2. The Balaban J connectivity index is 1.62. The Kier molecular flexibility index (Phi) is 3.75. The molecule has 0 N–H and O–H groups in total. The number of pyridine rings is 1. The molecule has 1 saturated heterocycles. The molecule has 122 valence electrons. The van der Waals surface area contributed by atoms with Crippen LogP contribution in [-0.4, -0.2) is 58.7 Å². The van der Waals surface area contributed by atoms with E-state index in [9.17, 15) is 4.79 Å². The van der Waals surface area contributed by atoms with Crippen LogP contribution in [0.5, 0.6) is 0 Å². The Morgan fingerprint density at radius 1 is 1.39 bits per heavy atom. The zero-order chi connectivity index (χ0) is 16.0. The van der Waals surface area contributed by atoms with E-state index in [2.05, 4.69) is 4.98 Å². The third-order valence-corrected chi connectivity index (χ3v) is 4.96. The number of fused-ring (bicyclic) bond motifs is 2. The highest BCUT2D eigenvalue weighted by Crippen LogP contribution is 2.32. The lowest BCUT2D eigenvalue weighted by atomic mass is 10.1. The van der Waals surface area contributed by atoms with Gasteiger partial charge in [0.05, 0.1) is 23.8 Å². The van der Waals surface area contributed by atoms with E-state index in [1.807, 2.05) is 4.90 Å². The highest BCUT2D eigenvalue weighted by atomic mass is 35.5. The summed E-state index contributed by atoms with van der Waals surface area (Å²) in [6.45, 7) is 1.12. The number of rotatable bonds is 2. The predicted molar refractivity (Wildman–Crippen MR) is 84.8 cm³/mol. The number of amides is 1. The summed E-state index contributed by atoms with van der Waals surface area (Å²) in [7, 11) is 1.70. The van der Waals surface area contributed by atoms with E-state index in [0.29, 0.717) is 29.5 Å². The quantitative estimate of drug-likeness (QED) is 0.842. The smallest absolute Gasteiger partial charge is 0.274 e. The van der Waals surface area contributed by atoms with E-state index in [-0.39, 0.29) is 24.2 Å². The van der Waals surface area contributed by atoms with Crippen molar-refractivity contribution in [3.05, 3.63) is 35.2 Å². The number of aromatic nitrogens is 2. The number of carbonyl (C=O) groups excluding carboxylic acids is 1. The number of halogens is 1. The van der Waals surface area contributed by atoms with Gasteiger partial charge in [-0.15, -0.1) is 0 Å². The summed E-state index contributed by atoms with van der Waals surface area (Å²) in [4.78, 5) is 19.2. The Bertz CT molecular complexity index is 747. The summed E-state index contributed by atoms with van der Waals surface area (Å²) in [6, 6.07) is 3.63. The second-order valence-corrected chi connectivity index (χ2v) is 6.43. The largest absolute Gasteiger partial charge is 0.379 e. The third-order valence-electron chi connectivity index (χ3n) is 4.73. The molecule has 0 aromatic carbocycles. The van der Waals surface area contributed by atoms with Gasteiger partial charge >= 0.3 is 0 Å². The van der Waals surface area contributed by atoms with Crippen LogP contribution in [-0.2, 0) is 9.47 Å². The van der Waals surface area contributed by atoms with Crippen molar-refractivity contribution < 1.29 is 14.3 Å². The number of hydrogen-bond acceptors (Lipinski definition) is 4. The lowest BCUT2D eigenvalue weighted by Gasteiger charge is -2.38. The molecule has 2 fully saturated rings. The predicted octanol–water partition coefficient (Wildman–Crippen LogP) is 2.01. The van der Waals surface area contributed by atoms with E-state index in [0.717, 1.165) is 12.8 Å². The second kappa shape index (κ2) is 5.78. The summed E-state index contributed by atoms with van der Waals surface area (Å²) in [5.41, 5.74) is 1.15. The maximum Gasteiger partial charge on any atom is 0.274 e. The van der Waals surface area contributed by atoms with Gasteiger partial charge in [-0.3, -0.25) is 4.79 Å². The van der Waals surface area contributed by atoms with E-state index in [4.69, 9.17) is 21.1 Å². The van der Waals surface area contributed by atoms with Gasteiger partial charge in [-0.05, 0) is 25.0 Å². The van der Waals surface area contributed by atoms with Crippen molar-refractivity contribution in [1.82, 2.24) is 14.3 Å². The molecule has 1 aliphatic heterocycles.